The summed E-state index contributed by atoms with van der Waals surface area (Å²) in [4.78, 5) is 0. The molecular formula is C9H21NO. The van der Waals surface area contributed by atoms with Crippen LogP contribution in [0.2, 0.25) is 0 Å². The minimum Gasteiger partial charge on any atom is -0.379 e. The Morgan fingerprint density at radius 2 is 1.82 bits per heavy atom. The van der Waals surface area contributed by atoms with E-state index in [9.17, 15) is 0 Å². The molecule has 0 radical (unpaired) electrons. The first-order chi connectivity index (χ1) is 5.27. The summed E-state index contributed by atoms with van der Waals surface area (Å²) in [5.41, 5.74) is 0. The van der Waals surface area contributed by atoms with Gasteiger partial charge in [-0.05, 0) is 19.9 Å². The average molecular weight is 159 g/mol. The van der Waals surface area contributed by atoms with E-state index in [1.807, 2.05) is 0 Å². The molecule has 0 aliphatic carbocycles. The molecule has 0 saturated heterocycles. The normalized spacial score (nSPS) is 13.4. The van der Waals surface area contributed by atoms with Gasteiger partial charge in [-0.15, -0.1) is 0 Å². The largest absolute Gasteiger partial charge is 0.379 e. The zero-order chi connectivity index (χ0) is 8.53. The van der Waals surface area contributed by atoms with Gasteiger partial charge in [-0.2, -0.15) is 0 Å². The van der Waals surface area contributed by atoms with E-state index in [0.29, 0.717) is 0 Å². The third kappa shape index (κ3) is 9.92. The van der Waals surface area contributed by atoms with Crippen molar-refractivity contribution in [3.05, 3.63) is 0 Å². The van der Waals surface area contributed by atoms with Crippen molar-refractivity contribution in [2.75, 3.05) is 6.54 Å². The van der Waals surface area contributed by atoms with Crippen molar-refractivity contribution in [1.29, 1.82) is 0 Å². The maximum absolute atomic E-state index is 8.84. The minimum absolute atomic E-state index is 0.346. The average Bonchev–Trinajstić information content (AvgIpc) is 1.96. The molecule has 2 heteroatoms. The van der Waals surface area contributed by atoms with E-state index in [4.69, 9.17) is 5.11 Å². The lowest BCUT2D eigenvalue weighted by Gasteiger charge is -2.05. The topological polar surface area (TPSA) is 32.3 Å². The van der Waals surface area contributed by atoms with E-state index in [-0.39, 0.29) is 6.23 Å². The van der Waals surface area contributed by atoms with Crippen molar-refractivity contribution >= 4 is 0 Å². The van der Waals surface area contributed by atoms with Gasteiger partial charge in [-0.25, -0.2) is 0 Å². The van der Waals surface area contributed by atoms with E-state index in [1.165, 1.54) is 32.1 Å². The lowest BCUT2D eigenvalue weighted by Crippen LogP contribution is -2.26. The lowest BCUT2D eigenvalue weighted by atomic mass is 10.1. The highest BCUT2D eigenvalue weighted by molar-refractivity contribution is 4.48. The summed E-state index contributed by atoms with van der Waals surface area (Å²) >= 11 is 0. The first kappa shape index (κ1) is 10.9. The predicted octanol–water partition coefficient (Wildman–Crippen LogP) is 1.88. The van der Waals surface area contributed by atoms with Gasteiger partial charge in [0.1, 0.15) is 6.23 Å². The number of hydrogen-bond donors (Lipinski definition) is 2. The molecule has 0 bridgehead atoms. The molecule has 0 rings (SSSR count). The number of aliphatic hydroxyl groups is 1. The molecule has 0 aromatic heterocycles. The number of unbranched alkanes of at least 4 members (excludes halogenated alkanes) is 4. The molecule has 11 heavy (non-hydrogen) atoms. The van der Waals surface area contributed by atoms with Gasteiger partial charge in [-0.3, -0.25) is 5.32 Å². The fraction of sp³-hybridized carbons (Fsp3) is 1.00. The zero-order valence-electron chi connectivity index (χ0n) is 7.77. The Kier molecular flexibility index (Phi) is 7.96. The lowest BCUT2D eigenvalue weighted by molar-refractivity contribution is 0.156. The molecule has 1 unspecified atom stereocenters. The van der Waals surface area contributed by atoms with Gasteiger partial charge < -0.3 is 5.11 Å². The highest BCUT2D eigenvalue weighted by atomic mass is 16.3. The Morgan fingerprint density at radius 1 is 1.18 bits per heavy atom. The van der Waals surface area contributed by atoms with Gasteiger partial charge in [0.25, 0.3) is 0 Å². The van der Waals surface area contributed by atoms with Crippen LogP contribution in [-0.2, 0) is 0 Å². The van der Waals surface area contributed by atoms with Crippen LogP contribution in [0.1, 0.15) is 46.0 Å². The molecule has 68 valence electrons. The summed E-state index contributed by atoms with van der Waals surface area (Å²) < 4.78 is 0. The van der Waals surface area contributed by atoms with E-state index >= 15 is 0 Å². The third-order valence-corrected chi connectivity index (χ3v) is 1.72. The summed E-state index contributed by atoms with van der Waals surface area (Å²) in [6.45, 7) is 4.92. The molecule has 0 spiro atoms. The molecule has 0 saturated carbocycles. The molecule has 0 amide bonds. The maximum atomic E-state index is 8.84. The van der Waals surface area contributed by atoms with Crippen LogP contribution < -0.4 is 5.32 Å². The van der Waals surface area contributed by atoms with Crippen molar-refractivity contribution in [2.24, 2.45) is 0 Å². The standard InChI is InChI=1S/C9H21NO/c1-3-4-5-6-7-8-10-9(2)11/h9-11H,3-8H2,1-2H3. The van der Waals surface area contributed by atoms with Crippen LogP contribution in [0.25, 0.3) is 0 Å². The minimum atomic E-state index is -0.346. The van der Waals surface area contributed by atoms with Gasteiger partial charge in [0, 0.05) is 0 Å². The van der Waals surface area contributed by atoms with E-state index in [1.54, 1.807) is 6.92 Å². The Bertz CT molecular complexity index is 74.0. The monoisotopic (exact) mass is 159 g/mol. The second-order valence-corrected chi connectivity index (χ2v) is 3.04. The van der Waals surface area contributed by atoms with E-state index in [0.717, 1.165) is 6.54 Å². The van der Waals surface area contributed by atoms with Crippen molar-refractivity contribution in [1.82, 2.24) is 5.32 Å². The Morgan fingerprint density at radius 3 is 2.36 bits per heavy atom. The summed E-state index contributed by atoms with van der Waals surface area (Å²) in [5.74, 6) is 0. The molecule has 1 atom stereocenters. The molecule has 0 fully saturated rings. The summed E-state index contributed by atoms with van der Waals surface area (Å²) in [7, 11) is 0. The number of hydrogen-bond acceptors (Lipinski definition) is 2. The summed E-state index contributed by atoms with van der Waals surface area (Å²) in [6.07, 6.45) is 6.09. The van der Waals surface area contributed by atoms with Crippen LogP contribution in [0.3, 0.4) is 0 Å². The first-order valence-electron chi connectivity index (χ1n) is 4.68. The van der Waals surface area contributed by atoms with Gasteiger partial charge in [0.15, 0.2) is 0 Å². The van der Waals surface area contributed by atoms with E-state index in [2.05, 4.69) is 12.2 Å². The van der Waals surface area contributed by atoms with Crippen molar-refractivity contribution in [2.45, 2.75) is 52.2 Å². The smallest absolute Gasteiger partial charge is 0.102 e. The molecule has 0 aromatic rings. The molecule has 0 aliphatic rings. The van der Waals surface area contributed by atoms with Crippen molar-refractivity contribution < 1.29 is 5.11 Å². The second-order valence-electron chi connectivity index (χ2n) is 3.04. The zero-order valence-corrected chi connectivity index (χ0v) is 7.77. The van der Waals surface area contributed by atoms with Gasteiger partial charge >= 0.3 is 0 Å². The Hall–Kier alpha value is -0.0800. The molecule has 2 N–H and O–H groups in total. The third-order valence-electron chi connectivity index (χ3n) is 1.72. The van der Waals surface area contributed by atoms with Gasteiger partial charge in [0.2, 0.25) is 0 Å². The number of nitrogens with one attached hydrogen (secondary N) is 1. The quantitative estimate of drug-likeness (QED) is 0.439. The highest BCUT2D eigenvalue weighted by Crippen LogP contribution is 2.00. The van der Waals surface area contributed by atoms with Crippen molar-refractivity contribution in [3.63, 3.8) is 0 Å². The number of aliphatic hydroxyl groups excluding tert-OH is 1. The molecule has 0 aromatic carbocycles. The molecule has 0 heterocycles. The highest BCUT2D eigenvalue weighted by Gasteiger charge is 1.92. The molecular weight excluding hydrogens is 138 g/mol. The van der Waals surface area contributed by atoms with Crippen LogP contribution in [-0.4, -0.2) is 17.9 Å². The molecule has 0 aliphatic heterocycles. The summed E-state index contributed by atoms with van der Waals surface area (Å²) in [6, 6.07) is 0. The first-order valence-corrected chi connectivity index (χ1v) is 4.68. The molecule has 2 nitrogen and oxygen atoms in total. The Labute approximate surface area is 70.0 Å². The SMILES string of the molecule is CCCCCCCNC(C)O. The predicted molar refractivity (Wildman–Crippen MR) is 48.4 cm³/mol. The van der Waals surface area contributed by atoms with Gasteiger partial charge in [-0.1, -0.05) is 32.6 Å². The van der Waals surface area contributed by atoms with Crippen LogP contribution in [0.15, 0.2) is 0 Å². The van der Waals surface area contributed by atoms with Crippen LogP contribution in [0.4, 0.5) is 0 Å². The van der Waals surface area contributed by atoms with Crippen molar-refractivity contribution in [3.8, 4) is 0 Å². The fourth-order valence-electron chi connectivity index (χ4n) is 1.04. The Balaban J connectivity index is 2.80. The van der Waals surface area contributed by atoms with E-state index < -0.39 is 0 Å². The number of rotatable bonds is 7. The summed E-state index contributed by atoms with van der Waals surface area (Å²) in [5, 5.41) is 11.8. The second kappa shape index (κ2) is 8.02. The van der Waals surface area contributed by atoms with Gasteiger partial charge in [0.05, 0.1) is 0 Å². The fourth-order valence-corrected chi connectivity index (χ4v) is 1.04. The maximum Gasteiger partial charge on any atom is 0.102 e. The van der Waals surface area contributed by atoms with Crippen LogP contribution >= 0.6 is 0 Å². The van der Waals surface area contributed by atoms with Crippen LogP contribution in [0.5, 0.6) is 0 Å². The van der Waals surface area contributed by atoms with Crippen LogP contribution in [0, 0.1) is 0 Å².